The molecule has 6 bridgehead atoms. The number of nitrogens with one attached hydrogen (secondary N) is 3. The summed E-state index contributed by atoms with van der Waals surface area (Å²) in [7, 11) is -3.92. The molecule has 0 unspecified atom stereocenters. The van der Waals surface area contributed by atoms with Crippen molar-refractivity contribution in [2.45, 2.75) is 121 Å². The lowest BCUT2D eigenvalue weighted by molar-refractivity contribution is -0.143. The number of hydrogen-bond donors (Lipinski definition) is 3. The van der Waals surface area contributed by atoms with Gasteiger partial charge in [0.1, 0.15) is 34.6 Å². The van der Waals surface area contributed by atoms with Crippen LogP contribution in [0.5, 0.6) is 0 Å². The van der Waals surface area contributed by atoms with Gasteiger partial charge >= 0.3 is 6.09 Å². The van der Waals surface area contributed by atoms with Crippen LogP contribution < -0.4 is 15.4 Å². The average Bonchev–Trinajstić information content (AvgIpc) is 4.07. The maximum Gasteiger partial charge on any atom is 0.408 e. The van der Waals surface area contributed by atoms with Gasteiger partial charge in [-0.25, -0.2) is 13.2 Å². The highest BCUT2D eigenvalue weighted by molar-refractivity contribution is 7.91. The number of carbonyl (C=O) groups is 4. The van der Waals surface area contributed by atoms with Gasteiger partial charge in [0.2, 0.25) is 21.8 Å². The molecule has 0 radical (unpaired) electrons. The molecule has 1 aromatic heterocycles. The van der Waals surface area contributed by atoms with Crippen LogP contribution in [-0.2, 0) is 29.1 Å². The van der Waals surface area contributed by atoms with E-state index in [0.29, 0.717) is 30.7 Å². The van der Waals surface area contributed by atoms with Gasteiger partial charge in [0, 0.05) is 30.0 Å². The zero-order valence-corrected chi connectivity index (χ0v) is 35.3. The number of rotatable bonds is 7. The van der Waals surface area contributed by atoms with E-state index in [0.717, 1.165) is 36.0 Å². The largest absolute Gasteiger partial charge is 0.444 e. The van der Waals surface area contributed by atoms with Crippen LogP contribution in [0.1, 0.15) is 97.6 Å². The van der Waals surface area contributed by atoms with Gasteiger partial charge in [-0.15, -0.1) is 6.58 Å². The van der Waals surface area contributed by atoms with Gasteiger partial charge in [0.05, 0.1) is 11.3 Å². The Kier molecular flexibility index (Phi) is 11.4. The van der Waals surface area contributed by atoms with E-state index in [1.165, 1.54) is 11.0 Å². The lowest BCUT2D eigenvalue weighted by atomic mass is 9.85. The number of aromatic nitrogens is 3. The van der Waals surface area contributed by atoms with E-state index in [-0.39, 0.29) is 19.4 Å². The number of carbonyl (C=O) groups excluding carboxylic acids is 4. The quantitative estimate of drug-likeness (QED) is 0.243. The molecule has 59 heavy (non-hydrogen) atoms. The fourth-order valence-corrected chi connectivity index (χ4v) is 9.41. The van der Waals surface area contributed by atoms with Gasteiger partial charge in [0.15, 0.2) is 0 Å². The molecule has 7 rings (SSSR count). The Morgan fingerprint density at radius 1 is 1.00 bits per heavy atom. The van der Waals surface area contributed by atoms with Crippen molar-refractivity contribution in [3.63, 3.8) is 0 Å². The molecule has 3 heterocycles. The molecule has 5 atom stereocenters. The van der Waals surface area contributed by atoms with Crippen LogP contribution in [0.2, 0.25) is 0 Å². The fraction of sp³-hybridized carbons (Fsp3) is 0.500. The summed E-state index contributed by atoms with van der Waals surface area (Å²) < 4.78 is 33.8. The van der Waals surface area contributed by atoms with Gasteiger partial charge in [-0.3, -0.25) is 19.1 Å². The Morgan fingerprint density at radius 2 is 1.69 bits per heavy atom. The van der Waals surface area contributed by atoms with E-state index in [1.807, 2.05) is 83.1 Å². The molecule has 4 aliphatic rings. The van der Waals surface area contributed by atoms with Crippen molar-refractivity contribution in [3.05, 3.63) is 78.9 Å². The van der Waals surface area contributed by atoms with Crippen LogP contribution in [-0.4, -0.2) is 87.1 Å². The number of amides is 4. The van der Waals surface area contributed by atoms with Crippen molar-refractivity contribution in [2.24, 2.45) is 11.3 Å². The number of cyclic esters (lactones) is 1. The summed E-state index contributed by atoms with van der Waals surface area (Å²) in [6.07, 6.45) is 9.23. The van der Waals surface area contributed by atoms with Crippen LogP contribution in [0.15, 0.2) is 73.3 Å². The van der Waals surface area contributed by atoms with E-state index in [9.17, 15) is 27.6 Å². The monoisotopic (exact) mass is 825 g/mol. The van der Waals surface area contributed by atoms with Crippen LogP contribution in [0, 0.1) is 11.3 Å². The molecule has 1 saturated heterocycles. The Hall–Kier alpha value is -5.31. The van der Waals surface area contributed by atoms with Crippen molar-refractivity contribution < 1.29 is 32.3 Å². The zero-order valence-electron chi connectivity index (χ0n) is 34.4. The highest BCUT2D eigenvalue weighted by atomic mass is 32.2. The van der Waals surface area contributed by atoms with E-state index < -0.39 is 79.7 Å². The van der Waals surface area contributed by atoms with E-state index >= 15 is 0 Å². The molecule has 4 amide bonds. The van der Waals surface area contributed by atoms with E-state index in [4.69, 9.17) is 14.9 Å². The summed E-state index contributed by atoms with van der Waals surface area (Å²) in [5.74, 6) is -2.54. The first-order valence-electron chi connectivity index (χ1n) is 20.5. The van der Waals surface area contributed by atoms with E-state index in [2.05, 4.69) is 40.2 Å². The molecular weight excluding hydrogens is 771 g/mol. The van der Waals surface area contributed by atoms with Crippen molar-refractivity contribution in [2.75, 3.05) is 6.54 Å². The van der Waals surface area contributed by atoms with Crippen molar-refractivity contribution >= 4 is 39.9 Å². The molecular formula is C44H55N7O7S. The van der Waals surface area contributed by atoms with Gasteiger partial charge in [0.25, 0.3) is 5.91 Å². The van der Waals surface area contributed by atoms with E-state index in [1.54, 1.807) is 4.80 Å². The third kappa shape index (κ3) is 9.14. The number of hydrogen-bond acceptors (Lipinski definition) is 9. The van der Waals surface area contributed by atoms with Crippen molar-refractivity contribution in [1.82, 2.24) is 35.2 Å². The second kappa shape index (κ2) is 16.0. The van der Waals surface area contributed by atoms with Gasteiger partial charge in [-0.05, 0) is 75.8 Å². The lowest BCUT2D eigenvalue weighted by Gasteiger charge is -2.36. The SMILES string of the molecule is C=C[C@@H]1C[C@]1(NC(=O)[C@@H]1C[C@@H]2CN1C(=O)[C@H](C(C)(C)C)NC(=O)OC(C)(C)CCCC/C=C\c1cccc(c1)-c1nn2nc1-c1ccccc1)C(=O)NS(=O)(=O)C1CC1. The molecule has 2 aliphatic carbocycles. The third-order valence-corrected chi connectivity index (χ3v) is 13.5. The summed E-state index contributed by atoms with van der Waals surface area (Å²) in [4.78, 5) is 59.7. The molecule has 0 spiro atoms. The Balaban J connectivity index is 1.29. The van der Waals surface area contributed by atoms with Gasteiger partial charge in [-0.1, -0.05) is 87.5 Å². The fourth-order valence-electron chi connectivity index (χ4n) is 8.05. The first-order valence-corrected chi connectivity index (χ1v) is 22.1. The molecule has 2 aromatic carbocycles. The van der Waals surface area contributed by atoms with Crippen LogP contribution >= 0.6 is 0 Å². The Morgan fingerprint density at radius 3 is 2.36 bits per heavy atom. The molecule has 3 fully saturated rings. The third-order valence-electron chi connectivity index (χ3n) is 11.7. The summed E-state index contributed by atoms with van der Waals surface area (Å²) in [6, 6.07) is 14.8. The molecule has 3 aromatic rings. The molecule has 2 saturated carbocycles. The Labute approximate surface area is 346 Å². The minimum Gasteiger partial charge on any atom is -0.444 e. The highest BCUT2D eigenvalue weighted by Gasteiger charge is 2.62. The zero-order chi connectivity index (χ0) is 42.3. The maximum absolute atomic E-state index is 14.9. The van der Waals surface area contributed by atoms with Crippen molar-refractivity contribution in [1.29, 1.82) is 0 Å². The molecule has 15 heteroatoms. The molecule has 314 valence electrons. The number of benzene rings is 2. The molecule has 2 aliphatic heterocycles. The van der Waals surface area contributed by atoms with Gasteiger partial charge in [-0.2, -0.15) is 15.0 Å². The summed E-state index contributed by atoms with van der Waals surface area (Å²) in [6.45, 7) is 13.0. The topological polar surface area (TPSA) is 182 Å². The minimum atomic E-state index is -3.92. The summed E-state index contributed by atoms with van der Waals surface area (Å²) >= 11 is 0. The number of alkyl carbamates (subject to hydrolysis) is 1. The number of fused-ring (bicyclic) bond motifs is 8. The molecule has 3 N–H and O–H groups in total. The second-order valence-corrected chi connectivity index (χ2v) is 20.0. The van der Waals surface area contributed by atoms with Crippen molar-refractivity contribution in [3.8, 4) is 22.5 Å². The maximum atomic E-state index is 14.9. The minimum absolute atomic E-state index is 0.00299. The normalized spacial score (nSPS) is 26.7. The highest BCUT2D eigenvalue weighted by Crippen LogP contribution is 2.46. The lowest BCUT2D eigenvalue weighted by Crippen LogP contribution is -2.60. The number of ether oxygens (including phenoxy) is 1. The van der Waals surface area contributed by atoms with Gasteiger partial charge < -0.3 is 20.3 Å². The molecule has 14 nitrogen and oxygen atoms in total. The predicted molar refractivity (Wildman–Crippen MR) is 224 cm³/mol. The van der Waals surface area contributed by atoms with Crippen LogP contribution in [0.3, 0.4) is 0 Å². The van der Waals surface area contributed by atoms with Crippen LogP contribution in [0.25, 0.3) is 28.6 Å². The smallest absolute Gasteiger partial charge is 0.408 e. The summed E-state index contributed by atoms with van der Waals surface area (Å²) in [5, 5.41) is 15.1. The standard InChI is InChI=1S/C44H55N7O7S/c1-7-31-26-44(31,40(54)49-59(56,57)33-21-22-33)46-38(52)34-25-32-27-50(34)39(53)37(42(2,3)4)45-41(55)58-43(5,6)23-14-9-8-11-16-28-17-15-20-30(24-28)36-35(47-51(32)48-36)29-18-12-10-13-19-29/h7,10-13,15-20,24,31-34,37H,1,8-9,14,21-23,25-27H2,2-6H3,(H,45,55)(H,46,52)(H,49,54)/b16-11-/t31-,32-,34+,37-,44-/m1/s1. The predicted octanol–water partition coefficient (Wildman–Crippen LogP) is 5.93. The average molecular weight is 826 g/mol. The Bertz CT molecular complexity index is 2260. The number of nitrogens with zero attached hydrogens (tertiary/aromatic N) is 4. The summed E-state index contributed by atoms with van der Waals surface area (Å²) in [5.41, 5.74) is 0.709. The first kappa shape index (κ1) is 41.8. The van der Waals surface area contributed by atoms with Crippen LogP contribution in [0.4, 0.5) is 4.79 Å². The number of sulfonamides is 1. The first-order chi connectivity index (χ1) is 27.9. The second-order valence-electron chi connectivity index (χ2n) is 18.0. The number of allylic oxidation sites excluding steroid dienone is 1.